The molecule has 7 nitrogen and oxygen atoms in total. The van der Waals surface area contributed by atoms with E-state index in [-0.39, 0.29) is 11.7 Å². The molecule has 0 saturated carbocycles. The fourth-order valence-electron chi connectivity index (χ4n) is 1.78. The normalized spacial score (nSPS) is 10.6. The number of nitro benzene ring substituents is 1. The number of aromatic nitrogens is 2. The molecule has 3 N–H and O–H groups in total. The summed E-state index contributed by atoms with van der Waals surface area (Å²) in [7, 11) is 0. The van der Waals surface area contributed by atoms with Gasteiger partial charge in [-0.05, 0) is 30.3 Å². The number of anilines is 1. The lowest BCUT2D eigenvalue weighted by Gasteiger charge is -2.01. The number of nitrogens with one attached hydrogen (secondary N) is 1. The highest BCUT2D eigenvalue weighted by Crippen LogP contribution is 2.25. The van der Waals surface area contributed by atoms with Gasteiger partial charge < -0.3 is 15.5 Å². The quantitative estimate of drug-likeness (QED) is 0.432. The number of nitrogen functional groups attached to an aromatic ring is 1. The lowest BCUT2D eigenvalue weighted by molar-refractivity contribution is -0.384. The average molecular weight is 270 g/mol. The van der Waals surface area contributed by atoms with E-state index in [0.717, 1.165) is 0 Å². The van der Waals surface area contributed by atoms with Crippen LogP contribution in [0, 0.1) is 10.1 Å². The van der Waals surface area contributed by atoms with Crippen molar-refractivity contribution in [2.75, 3.05) is 5.73 Å². The third-order valence-corrected chi connectivity index (χ3v) is 2.75. The van der Waals surface area contributed by atoms with Crippen LogP contribution in [0.3, 0.4) is 0 Å². The standard InChI is InChI=1S/C13H10N4O3/c14-8-1-4-10(5-2-8)20-13-15-11-6-3-9(17(18)19)7-12(11)16-13/h1-7H,14H2,(H,15,16). The number of rotatable bonds is 3. The van der Waals surface area contributed by atoms with Crippen molar-refractivity contribution in [2.45, 2.75) is 0 Å². The second-order valence-corrected chi connectivity index (χ2v) is 4.17. The highest BCUT2D eigenvalue weighted by atomic mass is 16.6. The predicted octanol–water partition coefficient (Wildman–Crippen LogP) is 2.85. The van der Waals surface area contributed by atoms with E-state index in [1.54, 1.807) is 30.3 Å². The maximum absolute atomic E-state index is 10.7. The van der Waals surface area contributed by atoms with Gasteiger partial charge in [-0.15, -0.1) is 0 Å². The molecule has 20 heavy (non-hydrogen) atoms. The SMILES string of the molecule is Nc1ccc(Oc2nc3ccc([N+](=O)[O-])cc3[nH]2)cc1. The Labute approximate surface area is 113 Å². The summed E-state index contributed by atoms with van der Waals surface area (Å²) in [6.07, 6.45) is 0. The number of ether oxygens (including phenoxy) is 1. The van der Waals surface area contributed by atoms with Crippen molar-refractivity contribution in [3.63, 3.8) is 0 Å². The Morgan fingerprint density at radius 1 is 1.20 bits per heavy atom. The molecule has 0 amide bonds. The fraction of sp³-hybridized carbons (Fsp3) is 0. The summed E-state index contributed by atoms with van der Waals surface area (Å²) in [5.74, 6) is 0.577. The van der Waals surface area contributed by atoms with Gasteiger partial charge >= 0.3 is 0 Å². The summed E-state index contributed by atoms with van der Waals surface area (Å²) in [6, 6.07) is 11.5. The van der Waals surface area contributed by atoms with Crippen LogP contribution in [0.1, 0.15) is 0 Å². The Kier molecular flexibility index (Phi) is 2.72. The number of aromatic amines is 1. The summed E-state index contributed by atoms with van der Waals surface area (Å²) in [4.78, 5) is 17.3. The molecule has 3 aromatic rings. The zero-order valence-electron chi connectivity index (χ0n) is 10.2. The number of H-pyrrole nitrogens is 1. The highest BCUT2D eigenvalue weighted by Gasteiger charge is 2.10. The lowest BCUT2D eigenvalue weighted by Crippen LogP contribution is -1.87. The first-order valence-corrected chi connectivity index (χ1v) is 5.79. The van der Waals surface area contributed by atoms with Gasteiger partial charge in [0.2, 0.25) is 0 Å². The number of nitrogens with two attached hydrogens (primary N) is 1. The van der Waals surface area contributed by atoms with Crippen LogP contribution in [0.2, 0.25) is 0 Å². The van der Waals surface area contributed by atoms with Crippen molar-refractivity contribution in [1.82, 2.24) is 9.97 Å². The molecule has 7 heteroatoms. The topological polar surface area (TPSA) is 107 Å². The van der Waals surface area contributed by atoms with Crippen molar-refractivity contribution in [3.8, 4) is 11.8 Å². The maximum Gasteiger partial charge on any atom is 0.300 e. The van der Waals surface area contributed by atoms with Gasteiger partial charge in [-0.25, -0.2) is 0 Å². The van der Waals surface area contributed by atoms with Gasteiger partial charge in [0.1, 0.15) is 5.75 Å². The Hall–Kier alpha value is -3.09. The van der Waals surface area contributed by atoms with Crippen LogP contribution in [-0.2, 0) is 0 Å². The Morgan fingerprint density at radius 2 is 1.95 bits per heavy atom. The van der Waals surface area contributed by atoms with E-state index in [9.17, 15) is 10.1 Å². The first-order valence-electron chi connectivity index (χ1n) is 5.79. The molecule has 0 atom stereocenters. The van der Waals surface area contributed by atoms with Gasteiger partial charge in [-0.1, -0.05) is 0 Å². The van der Waals surface area contributed by atoms with Crippen LogP contribution in [0.5, 0.6) is 11.8 Å². The largest absolute Gasteiger partial charge is 0.426 e. The number of fused-ring (bicyclic) bond motifs is 1. The first kappa shape index (κ1) is 12.0. The maximum atomic E-state index is 10.7. The van der Waals surface area contributed by atoms with Crippen molar-refractivity contribution in [3.05, 3.63) is 52.6 Å². The number of imidazole rings is 1. The summed E-state index contributed by atoms with van der Waals surface area (Å²) < 4.78 is 5.53. The van der Waals surface area contributed by atoms with E-state index < -0.39 is 4.92 Å². The molecule has 1 aromatic heterocycles. The van der Waals surface area contributed by atoms with E-state index in [4.69, 9.17) is 10.5 Å². The molecular weight excluding hydrogens is 260 g/mol. The zero-order valence-corrected chi connectivity index (χ0v) is 10.2. The molecular formula is C13H10N4O3. The molecule has 3 rings (SSSR count). The van der Waals surface area contributed by atoms with E-state index in [0.29, 0.717) is 22.5 Å². The molecule has 0 fully saturated rings. The Morgan fingerprint density at radius 3 is 2.65 bits per heavy atom. The van der Waals surface area contributed by atoms with Crippen molar-refractivity contribution in [2.24, 2.45) is 0 Å². The van der Waals surface area contributed by atoms with Gasteiger partial charge in [-0.2, -0.15) is 4.98 Å². The van der Waals surface area contributed by atoms with E-state index in [2.05, 4.69) is 9.97 Å². The third kappa shape index (κ3) is 2.24. The predicted molar refractivity (Wildman–Crippen MR) is 73.7 cm³/mol. The smallest absolute Gasteiger partial charge is 0.300 e. The number of benzene rings is 2. The van der Waals surface area contributed by atoms with Gasteiger partial charge in [0.25, 0.3) is 11.7 Å². The summed E-state index contributed by atoms with van der Waals surface area (Å²) in [5.41, 5.74) is 7.36. The van der Waals surface area contributed by atoms with Crippen LogP contribution in [0.4, 0.5) is 11.4 Å². The minimum absolute atomic E-state index is 0.000171. The molecule has 100 valence electrons. The molecule has 0 saturated heterocycles. The van der Waals surface area contributed by atoms with Gasteiger partial charge in [0.05, 0.1) is 16.0 Å². The fourth-order valence-corrected chi connectivity index (χ4v) is 1.78. The molecule has 0 radical (unpaired) electrons. The van der Waals surface area contributed by atoms with Crippen molar-refractivity contribution >= 4 is 22.4 Å². The number of hydrogen-bond donors (Lipinski definition) is 2. The minimum atomic E-state index is -0.458. The molecule has 2 aromatic carbocycles. The molecule has 0 aliphatic heterocycles. The van der Waals surface area contributed by atoms with E-state index >= 15 is 0 Å². The molecule has 0 spiro atoms. The second kappa shape index (κ2) is 4.54. The molecule has 0 bridgehead atoms. The number of non-ortho nitro benzene ring substituents is 1. The third-order valence-electron chi connectivity index (χ3n) is 2.75. The van der Waals surface area contributed by atoms with Crippen molar-refractivity contribution in [1.29, 1.82) is 0 Å². The Bertz CT molecular complexity index is 780. The zero-order chi connectivity index (χ0) is 14.1. The second-order valence-electron chi connectivity index (χ2n) is 4.17. The molecule has 0 aliphatic rings. The molecule has 0 aliphatic carbocycles. The monoisotopic (exact) mass is 270 g/mol. The summed E-state index contributed by atoms with van der Waals surface area (Å²) in [5, 5.41) is 10.7. The lowest BCUT2D eigenvalue weighted by atomic mass is 10.3. The van der Waals surface area contributed by atoms with Crippen LogP contribution < -0.4 is 10.5 Å². The highest BCUT2D eigenvalue weighted by molar-refractivity contribution is 5.78. The molecule has 0 unspecified atom stereocenters. The van der Waals surface area contributed by atoms with Crippen LogP contribution >= 0.6 is 0 Å². The van der Waals surface area contributed by atoms with Crippen LogP contribution in [0.25, 0.3) is 11.0 Å². The van der Waals surface area contributed by atoms with Gasteiger partial charge in [0.15, 0.2) is 0 Å². The summed E-state index contributed by atoms with van der Waals surface area (Å²) in [6.45, 7) is 0. The Balaban J connectivity index is 1.92. The average Bonchev–Trinajstić information content (AvgIpc) is 2.82. The number of nitro groups is 1. The minimum Gasteiger partial charge on any atom is -0.426 e. The number of hydrogen-bond acceptors (Lipinski definition) is 5. The van der Waals surface area contributed by atoms with Crippen LogP contribution in [-0.4, -0.2) is 14.9 Å². The van der Waals surface area contributed by atoms with Crippen LogP contribution in [0.15, 0.2) is 42.5 Å². The number of nitrogens with zero attached hydrogens (tertiary/aromatic N) is 2. The van der Waals surface area contributed by atoms with Gasteiger partial charge in [-0.3, -0.25) is 10.1 Å². The molecule has 1 heterocycles. The van der Waals surface area contributed by atoms with E-state index in [1.165, 1.54) is 12.1 Å². The summed E-state index contributed by atoms with van der Waals surface area (Å²) >= 11 is 0. The first-order chi connectivity index (χ1) is 9.61. The van der Waals surface area contributed by atoms with E-state index in [1.807, 2.05) is 0 Å². The van der Waals surface area contributed by atoms with Gasteiger partial charge in [0, 0.05) is 17.8 Å². The van der Waals surface area contributed by atoms with Crippen molar-refractivity contribution < 1.29 is 9.66 Å².